The van der Waals surface area contributed by atoms with Gasteiger partial charge in [0.25, 0.3) is 5.79 Å². The van der Waals surface area contributed by atoms with Crippen LogP contribution in [0.25, 0.3) is 11.2 Å². The standard InChI is InChI=1S/C24H36N7O13P/c1-8-4-10(32)24(36)23(40-8)42-19-17(43-24)11(26-2)15(34)12(27-3)18(19)44-45(37,38)39-5-9-14(33)16(35)22(41-9)31-7-30-13-20(25)28-6-29-21(13)31/h6-9,11-12,14-19,22-23,26-27,33-36H,4-5H2,1-3H3,(H,37,38)(H2,25,28,29)/t8-,9-,11+,12-,14-,15-,16-,17-,18+,19?,22-,23+,24+/m1/s1. The molecular formula is C24H36N7O13P. The Hall–Kier alpha value is -2.27. The largest absolute Gasteiger partial charge is 0.472 e. The number of anilines is 1. The van der Waals surface area contributed by atoms with E-state index in [1.54, 1.807) is 6.92 Å². The number of nitrogen functional groups attached to an aromatic ring is 1. The summed E-state index contributed by atoms with van der Waals surface area (Å²) in [7, 11) is -2.04. The summed E-state index contributed by atoms with van der Waals surface area (Å²) in [4.78, 5) is 35.6. The van der Waals surface area contributed by atoms with Crippen molar-refractivity contribution in [2.45, 2.75) is 92.6 Å². The molecule has 0 aromatic carbocycles. The molecule has 6 rings (SSSR count). The van der Waals surface area contributed by atoms with Gasteiger partial charge < -0.3 is 60.6 Å². The SMILES string of the molecule is CN[C@@H]1[C@H](O)[C@H](NC)[C@H]2O[C@@]3(O)C(=O)C[C@@H](C)O[C@H]3OC2[C@H]1OP(=O)(O)OC[C@H]1O[C@@H](n2cnc3c(N)ncnc32)[C@H](O)[C@@H]1O. The highest BCUT2D eigenvalue weighted by Crippen LogP contribution is 2.50. The van der Waals surface area contributed by atoms with Crippen LogP contribution in [-0.2, 0) is 37.4 Å². The Morgan fingerprint density at radius 1 is 1.09 bits per heavy atom. The Morgan fingerprint density at radius 3 is 2.53 bits per heavy atom. The van der Waals surface area contributed by atoms with E-state index in [0.717, 1.165) is 0 Å². The first kappa shape index (κ1) is 32.7. The van der Waals surface area contributed by atoms with Gasteiger partial charge in [0, 0.05) is 6.42 Å². The molecule has 0 bridgehead atoms. The molecule has 3 saturated heterocycles. The number of nitrogens with two attached hydrogens (primary N) is 1. The second-order valence-corrected chi connectivity index (χ2v) is 12.8. The topological polar surface area (TPSA) is 284 Å². The first-order valence-electron chi connectivity index (χ1n) is 14.2. The molecule has 5 heterocycles. The number of ether oxygens (including phenoxy) is 4. The van der Waals surface area contributed by atoms with Gasteiger partial charge in [0.15, 0.2) is 23.5 Å². The molecule has 9 N–H and O–H groups in total. The van der Waals surface area contributed by atoms with E-state index in [1.807, 2.05) is 0 Å². The molecule has 21 heteroatoms. The number of Topliss-reactive ketones (excluding diaryl/α,β-unsaturated/α-hetero) is 1. The smallest absolute Gasteiger partial charge is 0.390 e. The number of rotatable bonds is 8. The number of carbonyl (C=O) groups excluding carboxylic acids is 1. The molecule has 0 spiro atoms. The molecule has 20 nitrogen and oxygen atoms in total. The third-order valence-corrected chi connectivity index (χ3v) is 9.54. The monoisotopic (exact) mass is 661 g/mol. The molecule has 250 valence electrons. The van der Waals surface area contributed by atoms with E-state index in [9.17, 15) is 34.7 Å². The van der Waals surface area contributed by atoms with Crippen LogP contribution in [0.2, 0.25) is 0 Å². The molecule has 0 amide bonds. The number of nitrogens with one attached hydrogen (secondary N) is 2. The normalized spacial score (nSPS) is 43.2. The number of hydrogen-bond acceptors (Lipinski definition) is 18. The fourth-order valence-electron chi connectivity index (χ4n) is 6.29. The average molecular weight is 662 g/mol. The van der Waals surface area contributed by atoms with Gasteiger partial charge in [-0.2, -0.15) is 0 Å². The van der Waals surface area contributed by atoms with Gasteiger partial charge in [-0.1, -0.05) is 0 Å². The molecule has 2 aromatic heterocycles. The van der Waals surface area contributed by atoms with Gasteiger partial charge in [0.05, 0.1) is 37.2 Å². The molecule has 2 unspecified atom stereocenters. The summed E-state index contributed by atoms with van der Waals surface area (Å²) in [6, 6.07) is -1.98. The lowest BCUT2D eigenvalue weighted by atomic mass is 9.80. The molecule has 1 saturated carbocycles. The quantitative estimate of drug-likeness (QED) is 0.126. The number of nitrogens with zero attached hydrogens (tertiary/aromatic N) is 4. The first-order chi connectivity index (χ1) is 21.3. The lowest BCUT2D eigenvalue weighted by Gasteiger charge is -2.56. The summed E-state index contributed by atoms with van der Waals surface area (Å²) < 4.78 is 48.5. The van der Waals surface area contributed by atoms with Gasteiger partial charge in [-0.25, -0.2) is 19.5 Å². The summed E-state index contributed by atoms with van der Waals surface area (Å²) >= 11 is 0. The van der Waals surface area contributed by atoms with E-state index in [4.69, 9.17) is 33.7 Å². The van der Waals surface area contributed by atoms with Crippen LogP contribution in [0.3, 0.4) is 0 Å². The summed E-state index contributed by atoms with van der Waals surface area (Å²) in [5, 5.41) is 49.3. The van der Waals surface area contributed by atoms with Crippen LogP contribution in [0.4, 0.5) is 5.82 Å². The van der Waals surface area contributed by atoms with Crippen LogP contribution in [-0.4, -0.2) is 144 Å². The fourth-order valence-corrected chi connectivity index (χ4v) is 7.24. The lowest BCUT2D eigenvalue weighted by molar-refractivity contribution is -0.419. The van der Waals surface area contributed by atoms with Gasteiger partial charge in [-0.3, -0.25) is 18.4 Å². The van der Waals surface area contributed by atoms with Crippen molar-refractivity contribution in [2.24, 2.45) is 0 Å². The third-order valence-electron chi connectivity index (χ3n) is 8.56. The number of aliphatic hydroxyl groups is 4. The molecular weight excluding hydrogens is 625 g/mol. The number of ketones is 1. The Bertz CT molecular complexity index is 1470. The van der Waals surface area contributed by atoms with E-state index >= 15 is 0 Å². The first-order valence-corrected chi connectivity index (χ1v) is 15.7. The molecule has 2 aromatic rings. The average Bonchev–Trinajstić information content (AvgIpc) is 3.53. The number of hydrogen-bond donors (Lipinski definition) is 8. The van der Waals surface area contributed by atoms with Crippen LogP contribution in [0, 0.1) is 0 Å². The van der Waals surface area contributed by atoms with Crippen LogP contribution in [0.15, 0.2) is 12.7 Å². The highest BCUT2D eigenvalue weighted by atomic mass is 31.2. The van der Waals surface area contributed by atoms with Crippen LogP contribution in [0.1, 0.15) is 19.6 Å². The minimum absolute atomic E-state index is 0.0919. The van der Waals surface area contributed by atoms with Gasteiger partial charge in [0.1, 0.15) is 48.5 Å². The maximum absolute atomic E-state index is 13.3. The van der Waals surface area contributed by atoms with Gasteiger partial charge in [0.2, 0.25) is 6.29 Å². The van der Waals surface area contributed by atoms with E-state index < -0.39 is 99.4 Å². The molecule has 4 fully saturated rings. The second kappa shape index (κ2) is 12.1. The maximum atomic E-state index is 13.3. The summed E-state index contributed by atoms with van der Waals surface area (Å²) in [6.45, 7) is 0.890. The Kier molecular flexibility index (Phi) is 8.76. The Labute approximate surface area is 255 Å². The number of imidazole rings is 1. The molecule has 14 atom stereocenters. The van der Waals surface area contributed by atoms with Gasteiger partial charge >= 0.3 is 7.82 Å². The zero-order valence-corrected chi connectivity index (χ0v) is 25.2. The van der Waals surface area contributed by atoms with Crippen molar-refractivity contribution in [3.8, 4) is 0 Å². The zero-order chi connectivity index (χ0) is 32.4. The fraction of sp³-hybridized carbons (Fsp3) is 0.750. The number of likely N-dealkylation sites (N-methyl/N-ethyl adjacent to an activating group) is 2. The van der Waals surface area contributed by atoms with Crippen molar-refractivity contribution in [3.63, 3.8) is 0 Å². The van der Waals surface area contributed by atoms with E-state index in [-0.39, 0.29) is 23.4 Å². The molecule has 45 heavy (non-hydrogen) atoms. The lowest BCUT2D eigenvalue weighted by Crippen LogP contribution is -2.78. The molecule has 0 radical (unpaired) electrons. The van der Waals surface area contributed by atoms with Crippen molar-refractivity contribution < 1.29 is 62.7 Å². The molecule has 1 aliphatic carbocycles. The number of phosphoric ester groups is 1. The van der Waals surface area contributed by atoms with Gasteiger partial charge in [-0.05, 0) is 21.0 Å². The zero-order valence-electron chi connectivity index (χ0n) is 24.3. The van der Waals surface area contributed by atoms with E-state index in [2.05, 4.69) is 25.6 Å². The minimum Gasteiger partial charge on any atom is -0.390 e. The Morgan fingerprint density at radius 2 is 1.82 bits per heavy atom. The summed E-state index contributed by atoms with van der Waals surface area (Å²) in [6.07, 6.45) is -10.8. The van der Waals surface area contributed by atoms with E-state index in [0.29, 0.717) is 0 Å². The van der Waals surface area contributed by atoms with Crippen LogP contribution in [0.5, 0.6) is 0 Å². The highest BCUT2D eigenvalue weighted by molar-refractivity contribution is 7.47. The number of aromatic nitrogens is 4. The summed E-state index contributed by atoms with van der Waals surface area (Å²) in [5.41, 5.74) is 6.28. The maximum Gasteiger partial charge on any atom is 0.472 e. The van der Waals surface area contributed by atoms with Crippen molar-refractivity contribution in [2.75, 3.05) is 26.4 Å². The third kappa shape index (κ3) is 5.57. The molecule has 4 aliphatic rings. The highest BCUT2D eigenvalue weighted by Gasteiger charge is 2.64. The minimum atomic E-state index is -5.04. The second-order valence-electron chi connectivity index (χ2n) is 11.4. The summed E-state index contributed by atoms with van der Waals surface area (Å²) in [5.74, 6) is -3.08. The number of aliphatic hydroxyl groups excluding tert-OH is 3. The van der Waals surface area contributed by atoms with Crippen LogP contribution < -0.4 is 16.4 Å². The van der Waals surface area contributed by atoms with Crippen molar-refractivity contribution in [1.82, 2.24) is 30.2 Å². The predicted octanol–water partition coefficient (Wildman–Crippen LogP) is -3.74. The Balaban J connectivity index is 1.19. The van der Waals surface area contributed by atoms with Crippen molar-refractivity contribution in [1.29, 1.82) is 0 Å². The van der Waals surface area contributed by atoms with Crippen molar-refractivity contribution >= 4 is 30.6 Å². The number of fused-ring (bicyclic) bond motifs is 3. The molecule has 3 aliphatic heterocycles. The van der Waals surface area contributed by atoms with E-state index in [1.165, 1.54) is 31.3 Å². The number of carbonyl (C=O) groups is 1. The van der Waals surface area contributed by atoms with Crippen molar-refractivity contribution in [3.05, 3.63) is 12.7 Å². The number of phosphoric acid groups is 1. The van der Waals surface area contributed by atoms with Crippen LogP contribution >= 0.6 is 7.82 Å². The van der Waals surface area contributed by atoms with Gasteiger partial charge in [-0.15, -0.1) is 0 Å². The predicted molar refractivity (Wildman–Crippen MR) is 147 cm³/mol.